The lowest BCUT2D eigenvalue weighted by atomic mass is 10.1. The zero-order valence-corrected chi connectivity index (χ0v) is 17.5. The van der Waals surface area contributed by atoms with E-state index in [1.807, 2.05) is 32.0 Å². The summed E-state index contributed by atoms with van der Waals surface area (Å²) in [6, 6.07) is 12.3. The molecule has 0 atom stereocenters. The molecule has 2 aromatic carbocycles. The van der Waals surface area contributed by atoms with Crippen molar-refractivity contribution in [2.45, 2.75) is 33.7 Å². The standard InChI is InChI=1S/C22H26N4O4/c1-14(2)24-21(28)22(29)26-23-12-17-6-9-19(10-7-17)30-13-20(27)25-18-8-5-15(3)16(4)11-18/h5-12,14H,13H2,1-4H3,(H,24,28)(H,25,27)(H,26,29)/b23-12+. The Morgan fingerprint density at radius 1 is 1.00 bits per heavy atom. The van der Waals surface area contributed by atoms with Crippen LogP contribution in [0, 0.1) is 13.8 Å². The van der Waals surface area contributed by atoms with Crippen LogP contribution < -0.4 is 20.8 Å². The van der Waals surface area contributed by atoms with Gasteiger partial charge < -0.3 is 15.4 Å². The van der Waals surface area contributed by atoms with Gasteiger partial charge in [0, 0.05) is 11.7 Å². The van der Waals surface area contributed by atoms with E-state index in [1.165, 1.54) is 6.21 Å². The number of aryl methyl sites for hydroxylation is 2. The molecule has 0 aliphatic carbocycles. The summed E-state index contributed by atoms with van der Waals surface area (Å²) in [4.78, 5) is 35.1. The minimum absolute atomic E-state index is 0.124. The van der Waals surface area contributed by atoms with Gasteiger partial charge in [-0.3, -0.25) is 14.4 Å². The molecule has 0 saturated heterocycles. The van der Waals surface area contributed by atoms with Crippen LogP contribution >= 0.6 is 0 Å². The highest BCUT2D eigenvalue weighted by Crippen LogP contribution is 2.15. The summed E-state index contributed by atoms with van der Waals surface area (Å²) in [5.41, 5.74) is 5.83. The summed E-state index contributed by atoms with van der Waals surface area (Å²) in [5, 5.41) is 9.00. The average Bonchev–Trinajstić information content (AvgIpc) is 2.69. The smallest absolute Gasteiger partial charge is 0.329 e. The predicted octanol–water partition coefficient (Wildman–Crippen LogP) is 2.30. The number of carbonyl (C=O) groups is 3. The molecule has 3 N–H and O–H groups in total. The molecule has 0 saturated carbocycles. The van der Waals surface area contributed by atoms with Gasteiger partial charge >= 0.3 is 11.8 Å². The minimum Gasteiger partial charge on any atom is -0.484 e. The van der Waals surface area contributed by atoms with Gasteiger partial charge in [0.15, 0.2) is 6.61 Å². The summed E-state index contributed by atoms with van der Waals surface area (Å²) in [6.07, 6.45) is 1.40. The van der Waals surface area contributed by atoms with Gasteiger partial charge in [0.1, 0.15) is 5.75 Å². The predicted molar refractivity (Wildman–Crippen MR) is 115 cm³/mol. The van der Waals surface area contributed by atoms with Crippen LogP contribution in [0.2, 0.25) is 0 Å². The Morgan fingerprint density at radius 3 is 2.33 bits per heavy atom. The molecule has 0 aliphatic rings. The topological polar surface area (TPSA) is 109 Å². The second-order valence-corrected chi connectivity index (χ2v) is 7.03. The van der Waals surface area contributed by atoms with Gasteiger partial charge in [-0.2, -0.15) is 5.10 Å². The number of anilines is 1. The second kappa shape index (κ2) is 10.8. The van der Waals surface area contributed by atoms with Crippen molar-refractivity contribution < 1.29 is 19.1 Å². The van der Waals surface area contributed by atoms with E-state index in [4.69, 9.17) is 4.74 Å². The van der Waals surface area contributed by atoms with E-state index in [1.54, 1.807) is 38.1 Å². The fourth-order valence-electron chi connectivity index (χ4n) is 2.36. The first-order chi connectivity index (χ1) is 14.2. The molecule has 158 valence electrons. The molecule has 0 radical (unpaired) electrons. The van der Waals surface area contributed by atoms with Crippen molar-refractivity contribution in [1.82, 2.24) is 10.7 Å². The molecular formula is C22H26N4O4. The molecule has 0 spiro atoms. The zero-order valence-electron chi connectivity index (χ0n) is 17.5. The van der Waals surface area contributed by atoms with Gasteiger partial charge in [-0.05, 0) is 80.8 Å². The van der Waals surface area contributed by atoms with Gasteiger partial charge in [0.05, 0.1) is 6.21 Å². The number of rotatable bonds is 7. The molecule has 2 rings (SSSR count). The number of hydrazone groups is 1. The van der Waals surface area contributed by atoms with Crippen molar-refractivity contribution in [3.8, 4) is 5.75 Å². The Hall–Kier alpha value is -3.68. The minimum atomic E-state index is -0.838. The maximum Gasteiger partial charge on any atom is 0.329 e. The van der Waals surface area contributed by atoms with Gasteiger partial charge in [-0.25, -0.2) is 5.43 Å². The van der Waals surface area contributed by atoms with Crippen LogP contribution in [0.5, 0.6) is 5.75 Å². The maximum atomic E-state index is 12.0. The van der Waals surface area contributed by atoms with Crippen molar-refractivity contribution in [2.75, 3.05) is 11.9 Å². The van der Waals surface area contributed by atoms with E-state index in [0.717, 1.165) is 16.8 Å². The van der Waals surface area contributed by atoms with Gasteiger partial charge in [-0.1, -0.05) is 6.07 Å². The van der Waals surface area contributed by atoms with E-state index >= 15 is 0 Å². The van der Waals surface area contributed by atoms with Crippen molar-refractivity contribution >= 4 is 29.6 Å². The largest absolute Gasteiger partial charge is 0.484 e. The van der Waals surface area contributed by atoms with Crippen LogP contribution in [0.25, 0.3) is 0 Å². The van der Waals surface area contributed by atoms with Crippen LogP contribution in [0.3, 0.4) is 0 Å². The monoisotopic (exact) mass is 410 g/mol. The Morgan fingerprint density at radius 2 is 1.70 bits per heavy atom. The molecule has 0 heterocycles. The van der Waals surface area contributed by atoms with Crippen LogP contribution in [0.1, 0.15) is 30.5 Å². The summed E-state index contributed by atoms with van der Waals surface area (Å²) in [5.74, 6) is -1.33. The lowest BCUT2D eigenvalue weighted by Crippen LogP contribution is -2.41. The summed E-state index contributed by atoms with van der Waals surface area (Å²) < 4.78 is 5.48. The molecule has 8 heteroatoms. The van der Waals surface area contributed by atoms with E-state index < -0.39 is 11.8 Å². The third-order valence-corrected chi connectivity index (χ3v) is 4.05. The van der Waals surface area contributed by atoms with Crippen molar-refractivity contribution in [2.24, 2.45) is 5.10 Å². The molecule has 0 unspecified atom stereocenters. The SMILES string of the molecule is Cc1ccc(NC(=O)COc2ccc(/C=N/NC(=O)C(=O)NC(C)C)cc2)cc1C. The lowest BCUT2D eigenvalue weighted by molar-refractivity contribution is -0.139. The number of benzene rings is 2. The number of nitrogens with zero attached hydrogens (tertiary/aromatic N) is 1. The molecule has 30 heavy (non-hydrogen) atoms. The van der Waals surface area contributed by atoms with E-state index in [2.05, 4.69) is 21.2 Å². The first-order valence-corrected chi connectivity index (χ1v) is 9.48. The molecule has 3 amide bonds. The number of hydrogen-bond acceptors (Lipinski definition) is 5. The first kappa shape index (κ1) is 22.6. The number of amides is 3. The third kappa shape index (κ3) is 7.38. The highest BCUT2D eigenvalue weighted by molar-refractivity contribution is 6.35. The summed E-state index contributed by atoms with van der Waals surface area (Å²) in [6.45, 7) is 7.38. The fraction of sp³-hybridized carbons (Fsp3) is 0.273. The Kier molecular flexibility index (Phi) is 8.10. The number of ether oxygens (including phenoxy) is 1. The number of nitrogens with one attached hydrogen (secondary N) is 3. The Balaban J connectivity index is 1.79. The van der Waals surface area contributed by atoms with Gasteiger partial charge in [-0.15, -0.1) is 0 Å². The molecule has 2 aromatic rings. The molecule has 0 fully saturated rings. The molecule has 0 aromatic heterocycles. The maximum absolute atomic E-state index is 12.0. The molecule has 0 aliphatic heterocycles. The van der Waals surface area contributed by atoms with Crippen molar-refractivity contribution in [1.29, 1.82) is 0 Å². The Labute approximate surface area is 175 Å². The van der Waals surface area contributed by atoms with Crippen molar-refractivity contribution in [3.63, 3.8) is 0 Å². The van der Waals surface area contributed by atoms with Crippen LogP contribution in [0.15, 0.2) is 47.6 Å². The fourth-order valence-corrected chi connectivity index (χ4v) is 2.36. The normalized spacial score (nSPS) is 10.7. The second-order valence-electron chi connectivity index (χ2n) is 7.03. The van der Waals surface area contributed by atoms with E-state index in [-0.39, 0.29) is 18.6 Å². The highest BCUT2D eigenvalue weighted by atomic mass is 16.5. The third-order valence-electron chi connectivity index (χ3n) is 4.05. The van der Waals surface area contributed by atoms with E-state index in [9.17, 15) is 14.4 Å². The summed E-state index contributed by atoms with van der Waals surface area (Å²) in [7, 11) is 0. The number of carbonyl (C=O) groups excluding carboxylic acids is 3. The summed E-state index contributed by atoms with van der Waals surface area (Å²) >= 11 is 0. The Bertz CT molecular complexity index is 937. The zero-order chi connectivity index (χ0) is 22.1. The van der Waals surface area contributed by atoms with E-state index in [0.29, 0.717) is 11.3 Å². The van der Waals surface area contributed by atoms with Crippen LogP contribution in [0.4, 0.5) is 5.69 Å². The molecular weight excluding hydrogens is 384 g/mol. The lowest BCUT2D eigenvalue weighted by Gasteiger charge is -2.09. The highest BCUT2D eigenvalue weighted by Gasteiger charge is 2.12. The first-order valence-electron chi connectivity index (χ1n) is 9.48. The average molecular weight is 410 g/mol. The van der Waals surface area contributed by atoms with Crippen LogP contribution in [-0.2, 0) is 14.4 Å². The van der Waals surface area contributed by atoms with Crippen LogP contribution in [-0.4, -0.2) is 36.6 Å². The quantitative estimate of drug-likeness (QED) is 0.370. The number of hydrogen-bond donors (Lipinski definition) is 3. The van der Waals surface area contributed by atoms with Gasteiger partial charge in [0.2, 0.25) is 0 Å². The molecule has 0 bridgehead atoms. The van der Waals surface area contributed by atoms with Crippen molar-refractivity contribution in [3.05, 3.63) is 59.2 Å². The molecule has 8 nitrogen and oxygen atoms in total. The van der Waals surface area contributed by atoms with Gasteiger partial charge in [0.25, 0.3) is 5.91 Å².